The van der Waals surface area contributed by atoms with Crippen molar-refractivity contribution < 1.29 is 13.9 Å². The Balaban J connectivity index is 2.20. The maximum atomic E-state index is 13.4. The summed E-state index contributed by atoms with van der Waals surface area (Å²) in [6.45, 7) is 1.60. The topological polar surface area (TPSA) is 30.5 Å². The second kappa shape index (κ2) is 6.16. The van der Waals surface area contributed by atoms with E-state index in [0.717, 1.165) is 31.6 Å². The highest BCUT2D eigenvalue weighted by atomic mass is 19.1. The molecule has 0 radical (unpaired) electrons. The van der Waals surface area contributed by atoms with Crippen LogP contribution in [0.5, 0.6) is 5.75 Å². The van der Waals surface area contributed by atoms with Gasteiger partial charge in [0.15, 0.2) is 11.6 Å². The van der Waals surface area contributed by atoms with Crippen LogP contribution in [0.2, 0.25) is 0 Å². The molecule has 4 heteroatoms. The molecule has 1 heterocycles. The summed E-state index contributed by atoms with van der Waals surface area (Å²) < 4.78 is 24.0. The van der Waals surface area contributed by atoms with Crippen LogP contribution >= 0.6 is 0 Å². The van der Waals surface area contributed by atoms with Crippen molar-refractivity contribution in [1.82, 2.24) is 5.32 Å². The van der Waals surface area contributed by atoms with Crippen LogP contribution in [-0.2, 0) is 4.74 Å². The largest absolute Gasteiger partial charge is 0.494 e. The third kappa shape index (κ3) is 2.82. The predicted octanol–water partition coefficient (Wildman–Crippen LogP) is 2.52. The predicted molar refractivity (Wildman–Crippen MR) is 68.3 cm³/mol. The lowest BCUT2D eigenvalue weighted by atomic mass is 9.88. The highest BCUT2D eigenvalue weighted by Crippen LogP contribution is 2.31. The smallest absolute Gasteiger partial charge is 0.165 e. The molecule has 3 nitrogen and oxygen atoms in total. The average Bonchev–Trinajstić information content (AvgIpc) is 2.42. The van der Waals surface area contributed by atoms with Gasteiger partial charge in [-0.2, -0.15) is 0 Å². The lowest BCUT2D eigenvalue weighted by molar-refractivity contribution is 0.0401. The monoisotopic (exact) mass is 253 g/mol. The summed E-state index contributed by atoms with van der Waals surface area (Å²) in [6, 6.07) is 5.22. The minimum atomic E-state index is -0.323. The number of rotatable bonds is 4. The number of ether oxygens (including phenoxy) is 2. The number of benzene rings is 1. The first-order valence-corrected chi connectivity index (χ1v) is 6.34. The Morgan fingerprint density at radius 1 is 1.50 bits per heavy atom. The summed E-state index contributed by atoms with van der Waals surface area (Å²) >= 11 is 0. The normalized spacial score (nSPS) is 21.6. The van der Waals surface area contributed by atoms with Gasteiger partial charge in [-0.3, -0.25) is 0 Å². The van der Waals surface area contributed by atoms with E-state index in [1.807, 2.05) is 13.1 Å². The molecule has 100 valence electrons. The van der Waals surface area contributed by atoms with E-state index in [1.54, 1.807) is 6.07 Å². The van der Waals surface area contributed by atoms with Gasteiger partial charge in [0.2, 0.25) is 0 Å². The van der Waals surface area contributed by atoms with Gasteiger partial charge in [0.1, 0.15) is 0 Å². The Bertz CT molecular complexity index is 391. The first kappa shape index (κ1) is 13.3. The van der Waals surface area contributed by atoms with Crippen LogP contribution in [0.4, 0.5) is 4.39 Å². The summed E-state index contributed by atoms with van der Waals surface area (Å²) in [5.41, 5.74) is 1.05. The Labute approximate surface area is 107 Å². The molecule has 1 N–H and O–H groups in total. The maximum Gasteiger partial charge on any atom is 0.165 e. The molecule has 2 unspecified atom stereocenters. The molecule has 0 spiro atoms. The summed E-state index contributed by atoms with van der Waals surface area (Å²) in [4.78, 5) is 0. The van der Waals surface area contributed by atoms with Crippen molar-refractivity contribution >= 4 is 0 Å². The summed E-state index contributed by atoms with van der Waals surface area (Å²) in [5, 5.41) is 3.30. The van der Waals surface area contributed by atoms with Gasteiger partial charge in [0.05, 0.1) is 13.7 Å². The molecule has 2 rings (SSSR count). The Hall–Kier alpha value is -1.13. The summed E-state index contributed by atoms with van der Waals surface area (Å²) in [6.07, 6.45) is 2.21. The van der Waals surface area contributed by atoms with Gasteiger partial charge < -0.3 is 14.8 Å². The minimum absolute atomic E-state index is 0.180. The lowest BCUT2D eigenvalue weighted by Crippen LogP contribution is -2.31. The minimum Gasteiger partial charge on any atom is -0.494 e. The number of hydrogen-bond acceptors (Lipinski definition) is 3. The average molecular weight is 253 g/mol. The second-order valence-electron chi connectivity index (χ2n) is 4.64. The number of halogens is 1. The van der Waals surface area contributed by atoms with Crippen molar-refractivity contribution in [2.75, 3.05) is 27.4 Å². The fourth-order valence-electron chi connectivity index (χ4n) is 2.57. The lowest BCUT2D eigenvalue weighted by Gasteiger charge is -2.30. The molecule has 1 fully saturated rings. The van der Waals surface area contributed by atoms with Crippen molar-refractivity contribution in [1.29, 1.82) is 0 Å². The van der Waals surface area contributed by atoms with Crippen molar-refractivity contribution in [3.05, 3.63) is 29.6 Å². The van der Waals surface area contributed by atoms with Crippen LogP contribution in [0.3, 0.4) is 0 Å². The van der Waals surface area contributed by atoms with Crippen molar-refractivity contribution in [3.8, 4) is 5.75 Å². The van der Waals surface area contributed by atoms with Gasteiger partial charge in [-0.05, 0) is 37.6 Å². The summed E-state index contributed by atoms with van der Waals surface area (Å²) in [7, 11) is 3.41. The number of methoxy groups -OCH3 is 1. The van der Waals surface area contributed by atoms with Gasteiger partial charge >= 0.3 is 0 Å². The molecule has 0 bridgehead atoms. The quantitative estimate of drug-likeness (QED) is 0.894. The van der Waals surface area contributed by atoms with Crippen molar-refractivity contribution in [2.24, 2.45) is 5.92 Å². The molecule has 1 aliphatic rings. The van der Waals surface area contributed by atoms with Gasteiger partial charge in [0.25, 0.3) is 0 Å². The van der Waals surface area contributed by atoms with Crippen LogP contribution in [0.25, 0.3) is 0 Å². The van der Waals surface area contributed by atoms with E-state index >= 15 is 0 Å². The van der Waals surface area contributed by atoms with Crippen LogP contribution in [-0.4, -0.2) is 27.4 Å². The van der Waals surface area contributed by atoms with Gasteiger partial charge in [-0.15, -0.1) is 0 Å². The van der Waals surface area contributed by atoms with Gasteiger partial charge in [-0.1, -0.05) is 6.07 Å². The zero-order valence-corrected chi connectivity index (χ0v) is 10.9. The Morgan fingerprint density at radius 3 is 2.94 bits per heavy atom. The molecule has 1 aromatic carbocycles. The maximum absolute atomic E-state index is 13.4. The zero-order valence-electron chi connectivity index (χ0n) is 10.9. The Morgan fingerprint density at radius 2 is 2.33 bits per heavy atom. The van der Waals surface area contributed by atoms with E-state index < -0.39 is 0 Å². The molecule has 1 saturated heterocycles. The first-order valence-electron chi connectivity index (χ1n) is 6.34. The van der Waals surface area contributed by atoms with Crippen molar-refractivity contribution in [2.45, 2.75) is 18.9 Å². The van der Waals surface area contributed by atoms with E-state index in [0.29, 0.717) is 11.7 Å². The number of hydrogen-bond donors (Lipinski definition) is 1. The fourth-order valence-corrected chi connectivity index (χ4v) is 2.57. The SMILES string of the molecule is CNC(c1ccc(F)c(OC)c1)C1CCCOC1. The van der Waals surface area contributed by atoms with Crippen LogP contribution in [0.15, 0.2) is 18.2 Å². The molecular weight excluding hydrogens is 233 g/mol. The molecule has 0 aliphatic carbocycles. The highest BCUT2D eigenvalue weighted by molar-refractivity contribution is 5.32. The molecule has 18 heavy (non-hydrogen) atoms. The van der Waals surface area contributed by atoms with E-state index in [-0.39, 0.29) is 11.9 Å². The fraction of sp³-hybridized carbons (Fsp3) is 0.571. The standard InChI is InChI=1S/C14H20FNO2/c1-16-14(11-4-3-7-18-9-11)10-5-6-12(15)13(8-10)17-2/h5-6,8,11,14,16H,3-4,7,9H2,1-2H3. The molecule has 0 aromatic heterocycles. The van der Waals surface area contributed by atoms with Gasteiger partial charge in [0, 0.05) is 18.6 Å². The zero-order chi connectivity index (χ0) is 13.0. The van der Waals surface area contributed by atoms with Crippen molar-refractivity contribution in [3.63, 3.8) is 0 Å². The molecule has 0 saturated carbocycles. The van der Waals surface area contributed by atoms with E-state index in [9.17, 15) is 4.39 Å². The van der Waals surface area contributed by atoms with E-state index in [4.69, 9.17) is 9.47 Å². The molecule has 1 aliphatic heterocycles. The molecule has 2 atom stereocenters. The molecule has 0 amide bonds. The second-order valence-corrected chi connectivity index (χ2v) is 4.64. The van der Waals surface area contributed by atoms with Crippen LogP contribution < -0.4 is 10.1 Å². The molecule has 1 aromatic rings. The third-order valence-corrected chi connectivity index (χ3v) is 3.51. The third-order valence-electron chi connectivity index (χ3n) is 3.51. The summed E-state index contributed by atoms with van der Waals surface area (Å²) in [5.74, 6) is 0.402. The highest BCUT2D eigenvalue weighted by Gasteiger charge is 2.25. The number of nitrogens with one attached hydrogen (secondary N) is 1. The van der Waals surface area contributed by atoms with E-state index in [2.05, 4.69) is 5.32 Å². The molecular formula is C14H20FNO2. The Kier molecular flexibility index (Phi) is 4.55. The van der Waals surface area contributed by atoms with Gasteiger partial charge in [-0.25, -0.2) is 4.39 Å². The van der Waals surface area contributed by atoms with E-state index in [1.165, 1.54) is 13.2 Å². The van der Waals surface area contributed by atoms with Crippen LogP contribution in [0, 0.1) is 11.7 Å². The first-order chi connectivity index (χ1) is 8.76. The van der Waals surface area contributed by atoms with Crippen LogP contribution in [0.1, 0.15) is 24.4 Å².